The van der Waals surface area contributed by atoms with Crippen molar-refractivity contribution in [2.75, 3.05) is 7.11 Å². The van der Waals surface area contributed by atoms with E-state index in [2.05, 4.69) is 5.16 Å². The highest BCUT2D eigenvalue weighted by Crippen LogP contribution is 2.27. The Morgan fingerprint density at radius 3 is 2.67 bits per heavy atom. The van der Waals surface area contributed by atoms with Crippen molar-refractivity contribution >= 4 is 17.4 Å². The number of halogens is 1. The zero-order valence-electron chi connectivity index (χ0n) is 11.4. The highest BCUT2D eigenvalue weighted by molar-refractivity contribution is 6.34. The lowest BCUT2D eigenvalue weighted by atomic mass is 10.2. The Morgan fingerprint density at radius 2 is 2.00 bits per heavy atom. The number of benzene rings is 2. The van der Waals surface area contributed by atoms with E-state index >= 15 is 0 Å². The number of amidine groups is 1. The van der Waals surface area contributed by atoms with Crippen LogP contribution in [0, 0.1) is 0 Å². The molecule has 21 heavy (non-hydrogen) atoms. The van der Waals surface area contributed by atoms with Gasteiger partial charge in [-0.2, -0.15) is 0 Å². The minimum Gasteiger partial charge on any atom is -0.457 e. The summed E-state index contributed by atoms with van der Waals surface area (Å²) in [6, 6.07) is 12.5. The van der Waals surface area contributed by atoms with Crippen molar-refractivity contribution in [3.63, 3.8) is 0 Å². The molecule has 0 heterocycles. The minimum atomic E-state index is -0.0476. The van der Waals surface area contributed by atoms with Gasteiger partial charge in [0.1, 0.15) is 11.5 Å². The normalized spacial score (nSPS) is 11.4. The van der Waals surface area contributed by atoms with Crippen LogP contribution in [0.3, 0.4) is 0 Å². The number of methoxy groups -OCH3 is 1. The molecule has 0 amide bonds. The first-order valence-corrected chi connectivity index (χ1v) is 6.55. The van der Waals surface area contributed by atoms with Crippen molar-refractivity contribution in [3.05, 3.63) is 58.6 Å². The fraction of sp³-hybridized carbons (Fsp3) is 0.133. The van der Waals surface area contributed by atoms with E-state index in [1.807, 2.05) is 24.3 Å². The first-order valence-electron chi connectivity index (χ1n) is 6.17. The molecular formula is C15H15ClN2O3. The van der Waals surface area contributed by atoms with Crippen LogP contribution in [0.25, 0.3) is 0 Å². The van der Waals surface area contributed by atoms with Crippen molar-refractivity contribution < 1.29 is 14.7 Å². The van der Waals surface area contributed by atoms with E-state index < -0.39 is 0 Å². The van der Waals surface area contributed by atoms with Crippen LogP contribution in [0.2, 0.25) is 5.02 Å². The third kappa shape index (κ3) is 3.87. The zero-order chi connectivity index (χ0) is 15.2. The van der Waals surface area contributed by atoms with Crippen LogP contribution in [-0.4, -0.2) is 18.2 Å². The van der Waals surface area contributed by atoms with Crippen LogP contribution in [0.1, 0.15) is 11.1 Å². The third-order valence-electron chi connectivity index (χ3n) is 2.77. The predicted octanol–water partition coefficient (Wildman–Crippen LogP) is 3.37. The average molecular weight is 307 g/mol. The van der Waals surface area contributed by atoms with Gasteiger partial charge in [0.15, 0.2) is 5.84 Å². The van der Waals surface area contributed by atoms with E-state index in [0.29, 0.717) is 28.7 Å². The Kier molecular flexibility index (Phi) is 5.03. The molecule has 2 rings (SSSR count). The molecule has 5 nitrogen and oxygen atoms in total. The molecule has 0 radical (unpaired) electrons. The van der Waals surface area contributed by atoms with Crippen LogP contribution in [0.4, 0.5) is 0 Å². The lowest BCUT2D eigenvalue weighted by Gasteiger charge is -2.09. The number of nitrogens with two attached hydrogens (primary N) is 1. The van der Waals surface area contributed by atoms with Gasteiger partial charge in [0, 0.05) is 18.7 Å². The zero-order valence-corrected chi connectivity index (χ0v) is 12.2. The minimum absolute atomic E-state index is 0.0476. The van der Waals surface area contributed by atoms with Gasteiger partial charge >= 0.3 is 0 Å². The second-order valence-electron chi connectivity index (χ2n) is 4.31. The highest BCUT2D eigenvalue weighted by atomic mass is 35.5. The SMILES string of the molecule is COCc1cccc(Oc2ccc(C(N)=NO)c(Cl)c2)c1. The number of hydrogen-bond donors (Lipinski definition) is 2. The average Bonchev–Trinajstić information content (AvgIpc) is 2.47. The molecule has 110 valence electrons. The molecule has 0 spiro atoms. The quantitative estimate of drug-likeness (QED) is 0.384. The van der Waals surface area contributed by atoms with Gasteiger partial charge < -0.3 is 20.4 Å². The number of ether oxygens (including phenoxy) is 2. The molecule has 2 aromatic rings. The lowest BCUT2D eigenvalue weighted by Crippen LogP contribution is -2.13. The van der Waals surface area contributed by atoms with Gasteiger partial charge in [-0.1, -0.05) is 28.9 Å². The maximum atomic E-state index is 8.66. The summed E-state index contributed by atoms with van der Waals surface area (Å²) >= 11 is 6.08. The summed E-state index contributed by atoms with van der Waals surface area (Å²) in [5, 5.41) is 11.9. The van der Waals surface area contributed by atoms with Gasteiger partial charge in [-0.05, 0) is 29.8 Å². The van der Waals surface area contributed by atoms with Gasteiger partial charge in [0.05, 0.1) is 11.6 Å². The summed E-state index contributed by atoms with van der Waals surface area (Å²) in [7, 11) is 1.64. The summed E-state index contributed by atoms with van der Waals surface area (Å²) in [5.74, 6) is 1.19. The van der Waals surface area contributed by atoms with E-state index in [-0.39, 0.29) is 5.84 Å². The standard InChI is InChI=1S/C15H15ClN2O3/c1-20-9-10-3-2-4-11(7-10)21-12-5-6-13(14(16)8-12)15(17)18-19/h2-8,19H,9H2,1H3,(H2,17,18). The van der Waals surface area contributed by atoms with Crippen molar-refractivity contribution in [3.8, 4) is 11.5 Å². The molecular weight excluding hydrogens is 292 g/mol. The van der Waals surface area contributed by atoms with E-state index in [0.717, 1.165) is 5.56 Å². The van der Waals surface area contributed by atoms with Crippen LogP contribution < -0.4 is 10.5 Å². The first kappa shape index (κ1) is 15.2. The number of hydrogen-bond acceptors (Lipinski definition) is 4. The van der Waals surface area contributed by atoms with Crippen molar-refractivity contribution in [2.45, 2.75) is 6.61 Å². The Morgan fingerprint density at radius 1 is 1.24 bits per heavy atom. The van der Waals surface area contributed by atoms with Crippen LogP contribution in [0.15, 0.2) is 47.6 Å². The Balaban J connectivity index is 2.20. The molecule has 2 aromatic carbocycles. The van der Waals surface area contributed by atoms with E-state index in [9.17, 15) is 0 Å². The van der Waals surface area contributed by atoms with E-state index in [1.165, 1.54) is 0 Å². The van der Waals surface area contributed by atoms with Gasteiger partial charge in [-0.3, -0.25) is 0 Å². The molecule has 0 aliphatic heterocycles. The summed E-state index contributed by atoms with van der Waals surface area (Å²) in [6.45, 7) is 0.514. The number of oxime groups is 1. The van der Waals surface area contributed by atoms with E-state index in [4.69, 9.17) is 32.0 Å². The van der Waals surface area contributed by atoms with Gasteiger partial charge in [-0.15, -0.1) is 0 Å². The summed E-state index contributed by atoms with van der Waals surface area (Å²) in [4.78, 5) is 0. The second kappa shape index (κ2) is 6.97. The molecule has 0 fully saturated rings. The van der Waals surface area contributed by atoms with Gasteiger partial charge in [-0.25, -0.2) is 0 Å². The number of rotatable bonds is 5. The van der Waals surface area contributed by atoms with Gasteiger partial charge in [0.2, 0.25) is 0 Å². The van der Waals surface area contributed by atoms with E-state index in [1.54, 1.807) is 25.3 Å². The maximum absolute atomic E-state index is 8.66. The van der Waals surface area contributed by atoms with Crippen LogP contribution >= 0.6 is 11.6 Å². The molecule has 6 heteroatoms. The van der Waals surface area contributed by atoms with Crippen molar-refractivity contribution in [1.29, 1.82) is 0 Å². The predicted molar refractivity (Wildman–Crippen MR) is 81.2 cm³/mol. The fourth-order valence-corrected chi connectivity index (χ4v) is 2.09. The first-order chi connectivity index (χ1) is 10.1. The largest absolute Gasteiger partial charge is 0.457 e. The van der Waals surface area contributed by atoms with Gasteiger partial charge in [0.25, 0.3) is 0 Å². The fourth-order valence-electron chi connectivity index (χ4n) is 1.82. The van der Waals surface area contributed by atoms with Crippen molar-refractivity contribution in [2.24, 2.45) is 10.9 Å². The Hall–Kier alpha value is -2.24. The smallest absolute Gasteiger partial charge is 0.171 e. The summed E-state index contributed by atoms with van der Waals surface area (Å²) in [6.07, 6.45) is 0. The molecule has 0 saturated heterocycles. The molecule has 0 aliphatic rings. The lowest BCUT2D eigenvalue weighted by molar-refractivity contribution is 0.184. The molecule has 0 bridgehead atoms. The monoisotopic (exact) mass is 306 g/mol. The second-order valence-corrected chi connectivity index (χ2v) is 4.72. The molecule has 0 unspecified atom stereocenters. The summed E-state index contributed by atoms with van der Waals surface area (Å²) < 4.78 is 10.8. The van der Waals surface area contributed by atoms with Crippen LogP contribution in [0.5, 0.6) is 11.5 Å². The van der Waals surface area contributed by atoms with Crippen molar-refractivity contribution in [1.82, 2.24) is 0 Å². The molecule has 0 saturated carbocycles. The highest BCUT2D eigenvalue weighted by Gasteiger charge is 2.07. The third-order valence-corrected chi connectivity index (χ3v) is 3.08. The Bertz CT molecular complexity index is 659. The number of nitrogens with zero attached hydrogens (tertiary/aromatic N) is 1. The topological polar surface area (TPSA) is 77.1 Å². The van der Waals surface area contributed by atoms with Crippen LogP contribution in [-0.2, 0) is 11.3 Å². The summed E-state index contributed by atoms with van der Waals surface area (Å²) in [5.41, 5.74) is 6.96. The molecule has 0 atom stereocenters. The molecule has 3 N–H and O–H groups in total. The Labute approximate surface area is 127 Å². The molecule has 0 aromatic heterocycles. The molecule has 0 aliphatic carbocycles. The maximum Gasteiger partial charge on any atom is 0.171 e.